The van der Waals surface area contributed by atoms with Crippen molar-refractivity contribution in [2.24, 2.45) is 5.92 Å². The number of piperidine rings is 1. The Morgan fingerprint density at radius 1 is 1.14 bits per heavy atom. The zero-order valence-electron chi connectivity index (χ0n) is 13.2. The van der Waals surface area contributed by atoms with Gasteiger partial charge in [-0.15, -0.1) is 0 Å². The van der Waals surface area contributed by atoms with Crippen molar-refractivity contribution in [2.75, 3.05) is 29.9 Å². The molecule has 0 unspecified atom stereocenters. The van der Waals surface area contributed by atoms with Crippen LogP contribution in [0.1, 0.15) is 25.5 Å². The molecule has 1 fully saturated rings. The van der Waals surface area contributed by atoms with Crippen LogP contribution in [0.3, 0.4) is 0 Å². The predicted molar refractivity (Wildman–Crippen MR) is 91.3 cm³/mol. The average molecular weight is 296 g/mol. The van der Waals surface area contributed by atoms with Crippen molar-refractivity contribution in [3.05, 3.63) is 48.3 Å². The molecular weight excluding hydrogens is 272 g/mol. The minimum Gasteiger partial charge on any atom is -0.370 e. The number of nitrogens with zero attached hydrogens (tertiary/aromatic N) is 3. The largest absolute Gasteiger partial charge is 0.370 e. The summed E-state index contributed by atoms with van der Waals surface area (Å²) in [6, 6.07) is 12.3. The van der Waals surface area contributed by atoms with Crippen molar-refractivity contribution in [1.29, 1.82) is 0 Å². The predicted octanol–water partition coefficient (Wildman–Crippen LogP) is 3.37. The first kappa shape index (κ1) is 14.8. The summed E-state index contributed by atoms with van der Waals surface area (Å²) in [6.07, 6.45) is 5.28. The monoisotopic (exact) mass is 296 g/mol. The van der Waals surface area contributed by atoms with Gasteiger partial charge in [-0.2, -0.15) is 0 Å². The number of hydrogen-bond donors (Lipinski definition) is 1. The van der Waals surface area contributed by atoms with E-state index in [0.29, 0.717) is 0 Å². The molecule has 22 heavy (non-hydrogen) atoms. The molecule has 0 amide bonds. The zero-order chi connectivity index (χ0) is 15.2. The molecule has 0 saturated carbocycles. The minimum atomic E-state index is 0.843. The molecule has 4 heteroatoms. The van der Waals surface area contributed by atoms with Gasteiger partial charge in [0.2, 0.25) is 0 Å². The third kappa shape index (κ3) is 3.97. The summed E-state index contributed by atoms with van der Waals surface area (Å²) in [5.41, 5.74) is 1.11. The summed E-state index contributed by atoms with van der Waals surface area (Å²) >= 11 is 0. The van der Waals surface area contributed by atoms with Gasteiger partial charge in [0.15, 0.2) is 0 Å². The van der Waals surface area contributed by atoms with E-state index in [-0.39, 0.29) is 0 Å². The van der Waals surface area contributed by atoms with Crippen molar-refractivity contribution in [2.45, 2.75) is 26.2 Å². The fourth-order valence-corrected chi connectivity index (χ4v) is 2.80. The maximum absolute atomic E-state index is 4.75. The second kappa shape index (κ2) is 7.25. The number of aromatic nitrogens is 2. The highest BCUT2D eigenvalue weighted by Gasteiger charge is 2.16. The Morgan fingerprint density at radius 2 is 2.00 bits per heavy atom. The molecule has 0 atom stereocenters. The fraction of sp³-hybridized carbons (Fsp3) is 0.444. The van der Waals surface area contributed by atoms with E-state index in [0.717, 1.165) is 49.3 Å². The van der Waals surface area contributed by atoms with Crippen LogP contribution >= 0.6 is 0 Å². The molecule has 1 saturated heterocycles. The normalized spacial score (nSPS) is 15.8. The van der Waals surface area contributed by atoms with Crippen molar-refractivity contribution >= 4 is 11.6 Å². The summed E-state index contributed by atoms with van der Waals surface area (Å²) in [5, 5.41) is 3.40. The molecule has 2 aromatic heterocycles. The molecule has 4 nitrogen and oxygen atoms in total. The molecular formula is C18H24N4. The molecule has 3 rings (SSSR count). The minimum absolute atomic E-state index is 0.843. The third-order valence-electron chi connectivity index (χ3n) is 4.26. The first-order valence-corrected chi connectivity index (χ1v) is 8.17. The first-order valence-electron chi connectivity index (χ1n) is 8.17. The maximum Gasteiger partial charge on any atom is 0.130 e. The van der Waals surface area contributed by atoms with Crippen LogP contribution in [0, 0.1) is 5.92 Å². The van der Waals surface area contributed by atoms with Gasteiger partial charge in [0.25, 0.3) is 0 Å². The molecule has 0 radical (unpaired) electrons. The maximum atomic E-state index is 4.75. The van der Waals surface area contributed by atoms with E-state index in [4.69, 9.17) is 4.98 Å². The summed E-state index contributed by atoms with van der Waals surface area (Å²) in [7, 11) is 0. The molecule has 0 aliphatic carbocycles. The van der Waals surface area contributed by atoms with E-state index >= 15 is 0 Å². The Bertz CT molecular complexity index is 577. The topological polar surface area (TPSA) is 41.0 Å². The van der Waals surface area contributed by atoms with Gasteiger partial charge in [-0.3, -0.25) is 4.98 Å². The van der Waals surface area contributed by atoms with Crippen LogP contribution in [-0.4, -0.2) is 29.6 Å². The molecule has 1 aliphatic heterocycles. The van der Waals surface area contributed by atoms with Crippen LogP contribution in [0.4, 0.5) is 11.6 Å². The Hall–Kier alpha value is -2.10. The highest BCUT2D eigenvalue weighted by Crippen LogP contribution is 2.22. The molecule has 2 aromatic rings. The number of rotatable bonds is 5. The van der Waals surface area contributed by atoms with Gasteiger partial charge < -0.3 is 10.2 Å². The van der Waals surface area contributed by atoms with Crippen LogP contribution < -0.4 is 10.2 Å². The lowest BCUT2D eigenvalue weighted by Gasteiger charge is -2.31. The fourth-order valence-electron chi connectivity index (χ4n) is 2.80. The van der Waals surface area contributed by atoms with Crippen molar-refractivity contribution in [3.63, 3.8) is 0 Å². The van der Waals surface area contributed by atoms with E-state index in [2.05, 4.69) is 40.3 Å². The third-order valence-corrected chi connectivity index (χ3v) is 4.26. The number of pyridine rings is 2. The van der Waals surface area contributed by atoms with E-state index < -0.39 is 0 Å². The SMILES string of the molecule is CC1CCN(c2cccc(NCCc3ccccn3)n2)CC1. The van der Waals surface area contributed by atoms with Gasteiger partial charge in [0, 0.05) is 37.9 Å². The highest BCUT2D eigenvalue weighted by molar-refractivity contribution is 5.47. The second-order valence-corrected chi connectivity index (χ2v) is 6.05. The standard InChI is InChI=1S/C18H24N4/c1-15-9-13-22(14-10-15)18-7-4-6-17(21-18)20-12-8-16-5-2-3-11-19-16/h2-7,11,15H,8-10,12-14H2,1H3,(H,20,21). The average Bonchev–Trinajstić information content (AvgIpc) is 2.57. The summed E-state index contributed by atoms with van der Waals surface area (Å²) < 4.78 is 0. The number of anilines is 2. The Morgan fingerprint density at radius 3 is 2.77 bits per heavy atom. The van der Waals surface area contributed by atoms with E-state index in [1.54, 1.807) is 0 Å². The van der Waals surface area contributed by atoms with Crippen molar-refractivity contribution in [1.82, 2.24) is 9.97 Å². The summed E-state index contributed by atoms with van der Waals surface area (Å²) in [6.45, 7) is 5.42. The van der Waals surface area contributed by atoms with Gasteiger partial charge in [-0.25, -0.2) is 4.98 Å². The lowest BCUT2D eigenvalue weighted by Crippen LogP contribution is -2.33. The summed E-state index contributed by atoms with van der Waals surface area (Å²) in [5.74, 6) is 2.89. The molecule has 0 spiro atoms. The quantitative estimate of drug-likeness (QED) is 0.918. The van der Waals surface area contributed by atoms with E-state index in [1.807, 2.05) is 24.4 Å². The molecule has 3 heterocycles. The lowest BCUT2D eigenvalue weighted by atomic mass is 9.99. The molecule has 116 valence electrons. The molecule has 1 N–H and O–H groups in total. The Kier molecular flexibility index (Phi) is 4.88. The van der Waals surface area contributed by atoms with Crippen molar-refractivity contribution < 1.29 is 0 Å². The zero-order valence-corrected chi connectivity index (χ0v) is 13.2. The molecule has 0 aromatic carbocycles. The highest BCUT2D eigenvalue weighted by atomic mass is 15.2. The Balaban J connectivity index is 1.55. The van der Waals surface area contributed by atoms with Crippen molar-refractivity contribution in [3.8, 4) is 0 Å². The van der Waals surface area contributed by atoms with Crippen LogP contribution in [0.5, 0.6) is 0 Å². The van der Waals surface area contributed by atoms with Crippen LogP contribution in [0.2, 0.25) is 0 Å². The summed E-state index contributed by atoms with van der Waals surface area (Å²) in [4.78, 5) is 11.5. The van der Waals surface area contributed by atoms with Gasteiger partial charge in [-0.05, 0) is 43.0 Å². The molecule has 1 aliphatic rings. The van der Waals surface area contributed by atoms with Gasteiger partial charge in [0.05, 0.1) is 0 Å². The van der Waals surface area contributed by atoms with E-state index in [9.17, 15) is 0 Å². The van der Waals surface area contributed by atoms with Gasteiger partial charge in [-0.1, -0.05) is 19.1 Å². The van der Waals surface area contributed by atoms with Gasteiger partial charge >= 0.3 is 0 Å². The number of nitrogens with one attached hydrogen (secondary N) is 1. The van der Waals surface area contributed by atoms with Crippen LogP contribution in [0.15, 0.2) is 42.6 Å². The number of hydrogen-bond acceptors (Lipinski definition) is 4. The second-order valence-electron chi connectivity index (χ2n) is 6.05. The smallest absolute Gasteiger partial charge is 0.130 e. The molecule has 0 bridgehead atoms. The lowest BCUT2D eigenvalue weighted by molar-refractivity contribution is 0.436. The van der Waals surface area contributed by atoms with Crippen LogP contribution in [-0.2, 0) is 6.42 Å². The first-order chi connectivity index (χ1) is 10.8. The van der Waals surface area contributed by atoms with Crippen LogP contribution in [0.25, 0.3) is 0 Å². The Labute approximate surface area is 132 Å². The van der Waals surface area contributed by atoms with Gasteiger partial charge in [0.1, 0.15) is 11.6 Å². The van der Waals surface area contributed by atoms with E-state index in [1.165, 1.54) is 12.8 Å².